The number of ether oxygens (including phenoxy) is 2. The molecule has 0 bridgehead atoms. The van der Waals surface area contributed by atoms with Gasteiger partial charge in [-0.3, -0.25) is 0 Å². The Bertz CT molecular complexity index is 634. The Labute approximate surface area is 143 Å². The van der Waals surface area contributed by atoms with Gasteiger partial charge in [0.05, 0.1) is 31.6 Å². The summed E-state index contributed by atoms with van der Waals surface area (Å²) in [5, 5.41) is 16.4. The molecule has 8 nitrogen and oxygen atoms in total. The Balaban J connectivity index is 1.83. The van der Waals surface area contributed by atoms with Gasteiger partial charge in [0.15, 0.2) is 5.79 Å². The van der Waals surface area contributed by atoms with E-state index in [2.05, 4.69) is 48.3 Å². The van der Waals surface area contributed by atoms with Crippen molar-refractivity contribution >= 4 is 0 Å². The topological polar surface area (TPSA) is 79.9 Å². The molecular weight excluding hydrogens is 308 g/mol. The second-order valence-corrected chi connectivity index (χ2v) is 6.71. The molecule has 2 rings (SSSR count). The third-order valence-corrected chi connectivity index (χ3v) is 3.82. The maximum absolute atomic E-state index is 5.83. The summed E-state index contributed by atoms with van der Waals surface area (Å²) in [6.45, 7) is 12.8. The fraction of sp³-hybridized carbons (Fsp3) is 0.750. The van der Waals surface area contributed by atoms with Crippen molar-refractivity contribution in [3.05, 3.63) is 23.8 Å². The summed E-state index contributed by atoms with van der Waals surface area (Å²) in [5.74, 6) is -0.748. The van der Waals surface area contributed by atoms with Gasteiger partial charge in [-0.1, -0.05) is 17.4 Å². The lowest BCUT2D eigenvalue weighted by Gasteiger charge is -2.24. The quantitative estimate of drug-likeness (QED) is 0.655. The van der Waals surface area contributed by atoms with Crippen molar-refractivity contribution in [2.45, 2.75) is 79.0 Å². The summed E-state index contributed by atoms with van der Waals surface area (Å²) in [5.41, 5.74) is 1.57. The van der Waals surface area contributed by atoms with Gasteiger partial charge in [-0.05, 0) is 41.0 Å². The van der Waals surface area contributed by atoms with Crippen molar-refractivity contribution in [1.29, 1.82) is 0 Å². The summed E-state index contributed by atoms with van der Waals surface area (Å²) in [6, 6.07) is 0.614. The van der Waals surface area contributed by atoms with Gasteiger partial charge >= 0.3 is 0 Å². The van der Waals surface area contributed by atoms with Crippen molar-refractivity contribution in [1.82, 2.24) is 30.0 Å². The third-order valence-electron chi connectivity index (χ3n) is 3.82. The fourth-order valence-electron chi connectivity index (χ4n) is 1.95. The van der Waals surface area contributed by atoms with E-state index in [1.165, 1.54) is 0 Å². The Morgan fingerprint density at radius 2 is 1.46 bits per heavy atom. The molecule has 0 N–H and O–H groups in total. The molecule has 0 saturated heterocycles. The molecule has 1 atom stereocenters. The largest absolute Gasteiger partial charge is 0.344 e. The molecule has 0 aromatic carbocycles. The van der Waals surface area contributed by atoms with Crippen molar-refractivity contribution in [3.63, 3.8) is 0 Å². The average molecular weight is 336 g/mol. The molecule has 8 heteroatoms. The standard InChI is InChI=1S/C16H28N6O2/c1-7-13(4)22-9-15(18-20-22)11-24-16(5,6)23-10-14-8-21(12(2)3)19-17-14/h8-9,12-13H,7,10-11H2,1-6H3. The molecule has 24 heavy (non-hydrogen) atoms. The van der Waals surface area contributed by atoms with Crippen LogP contribution in [0.3, 0.4) is 0 Å². The molecule has 2 aromatic rings. The summed E-state index contributed by atoms with van der Waals surface area (Å²) in [4.78, 5) is 0. The van der Waals surface area contributed by atoms with Gasteiger partial charge in [-0.2, -0.15) is 0 Å². The highest BCUT2D eigenvalue weighted by Gasteiger charge is 2.21. The molecule has 0 amide bonds. The minimum Gasteiger partial charge on any atom is -0.344 e. The number of rotatable bonds is 9. The first-order chi connectivity index (χ1) is 11.3. The predicted octanol–water partition coefficient (Wildman–Crippen LogP) is 2.89. The van der Waals surface area contributed by atoms with E-state index in [0.717, 1.165) is 17.8 Å². The van der Waals surface area contributed by atoms with Gasteiger partial charge in [0.2, 0.25) is 0 Å². The van der Waals surface area contributed by atoms with E-state index in [1.807, 2.05) is 30.9 Å². The predicted molar refractivity (Wildman–Crippen MR) is 89.1 cm³/mol. The highest BCUT2D eigenvalue weighted by atomic mass is 16.7. The van der Waals surface area contributed by atoms with Crippen molar-refractivity contribution in [2.75, 3.05) is 0 Å². The van der Waals surface area contributed by atoms with E-state index >= 15 is 0 Å². The molecule has 0 saturated carbocycles. The first-order valence-corrected chi connectivity index (χ1v) is 8.40. The van der Waals surface area contributed by atoms with Crippen LogP contribution < -0.4 is 0 Å². The fourth-order valence-corrected chi connectivity index (χ4v) is 1.95. The molecule has 0 spiro atoms. The number of hydrogen-bond acceptors (Lipinski definition) is 6. The number of hydrogen-bond donors (Lipinski definition) is 0. The minimum absolute atomic E-state index is 0.281. The van der Waals surface area contributed by atoms with Crippen LogP contribution in [0.5, 0.6) is 0 Å². The van der Waals surface area contributed by atoms with Crippen molar-refractivity contribution in [2.24, 2.45) is 0 Å². The van der Waals surface area contributed by atoms with Crippen molar-refractivity contribution < 1.29 is 9.47 Å². The van der Waals surface area contributed by atoms with Crippen LogP contribution >= 0.6 is 0 Å². The molecule has 2 heterocycles. The first kappa shape index (κ1) is 18.5. The molecule has 134 valence electrons. The van der Waals surface area contributed by atoms with E-state index in [1.54, 1.807) is 4.68 Å². The summed E-state index contributed by atoms with van der Waals surface area (Å²) < 4.78 is 15.3. The third kappa shape index (κ3) is 5.10. The molecule has 0 aliphatic heterocycles. The molecule has 0 fully saturated rings. The second kappa shape index (κ2) is 7.85. The summed E-state index contributed by atoms with van der Waals surface area (Å²) >= 11 is 0. The Morgan fingerprint density at radius 3 is 1.92 bits per heavy atom. The van der Waals surface area contributed by atoms with E-state index in [-0.39, 0.29) is 6.04 Å². The summed E-state index contributed by atoms with van der Waals surface area (Å²) in [7, 11) is 0. The Hall–Kier alpha value is -1.80. The molecule has 2 aromatic heterocycles. The average Bonchev–Trinajstić information content (AvgIpc) is 3.20. The maximum Gasteiger partial charge on any atom is 0.163 e. The molecule has 0 aliphatic carbocycles. The number of nitrogens with zero attached hydrogens (tertiary/aromatic N) is 6. The van der Waals surface area contributed by atoms with Crippen molar-refractivity contribution in [3.8, 4) is 0 Å². The van der Waals surface area contributed by atoms with E-state index in [4.69, 9.17) is 9.47 Å². The molecule has 1 unspecified atom stereocenters. The van der Waals surface area contributed by atoms with Gasteiger partial charge in [0, 0.05) is 6.04 Å². The van der Waals surface area contributed by atoms with E-state index in [9.17, 15) is 0 Å². The van der Waals surface area contributed by atoms with Gasteiger partial charge in [0.1, 0.15) is 11.4 Å². The van der Waals surface area contributed by atoms with Crippen LogP contribution in [0.25, 0.3) is 0 Å². The Kier molecular flexibility index (Phi) is 6.06. The van der Waals surface area contributed by atoms with Gasteiger partial charge in [-0.15, -0.1) is 10.2 Å². The highest BCUT2D eigenvalue weighted by Crippen LogP contribution is 2.17. The SMILES string of the molecule is CCC(C)n1cc(COC(C)(C)OCc2cn(C(C)C)nn2)nn1. The monoisotopic (exact) mass is 336 g/mol. The van der Waals surface area contributed by atoms with Crippen LogP contribution in [-0.4, -0.2) is 35.8 Å². The molecular formula is C16H28N6O2. The van der Waals surface area contributed by atoms with E-state index < -0.39 is 5.79 Å². The smallest absolute Gasteiger partial charge is 0.163 e. The van der Waals surface area contributed by atoms with Gasteiger partial charge < -0.3 is 9.47 Å². The lowest BCUT2D eigenvalue weighted by molar-refractivity contribution is -0.227. The van der Waals surface area contributed by atoms with Crippen LogP contribution in [0.15, 0.2) is 12.4 Å². The zero-order valence-corrected chi connectivity index (χ0v) is 15.4. The van der Waals surface area contributed by atoms with Gasteiger partial charge in [-0.25, -0.2) is 9.36 Å². The van der Waals surface area contributed by atoms with Crippen LogP contribution in [0.4, 0.5) is 0 Å². The van der Waals surface area contributed by atoms with Crippen LogP contribution in [0, 0.1) is 0 Å². The first-order valence-electron chi connectivity index (χ1n) is 8.40. The zero-order chi connectivity index (χ0) is 17.7. The lowest BCUT2D eigenvalue weighted by Crippen LogP contribution is -2.28. The number of aromatic nitrogens is 6. The molecule has 0 aliphatic rings. The normalized spacial score (nSPS) is 13.6. The maximum atomic E-state index is 5.83. The molecule has 0 radical (unpaired) electrons. The van der Waals surface area contributed by atoms with Crippen LogP contribution in [0.1, 0.15) is 71.4 Å². The lowest BCUT2D eigenvalue weighted by atomic mass is 10.3. The Morgan fingerprint density at radius 1 is 0.958 bits per heavy atom. The van der Waals surface area contributed by atoms with Crippen LogP contribution in [0.2, 0.25) is 0 Å². The second-order valence-electron chi connectivity index (χ2n) is 6.71. The summed E-state index contributed by atoms with van der Waals surface area (Å²) in [6.07, 6.45) is 4.81. The highest BCUT2D eigenvalue weighted by molar-refractivity contribution is 4.92. The zero-order valence-electron chi connectivity index (χ0n) is 15.4. The van der Waals surface area contributed by atoms with Gasteiger partial charge in [0.25, 0.3) is 0 Å². The minimum atomic E-state index is -0.748. The van der Waals surface area contributed by atoms with Crippen LogP contribution in [-0.2, 0) is 22.7 Å². The van der Waals surface area contributed by atoms with E-state index in [0.29, 0.717) is 19.3 Å².